The van der Waals surface area contributed by atoms with E-state index in [9.17, 15) is 14.4 Å². The summed E-state index contributed by atoms with van der Waals surface area (Å²) in [5, 5.41) is 9.23. The van der Waals surface area contributed by atoms with Gasteiger partial charge in [-0.3, -0.25) is 19.1 Å². The zero-order valence-electron chi connectivity index (χ0n) is 25.1. The van der Waals surface area contributed by atoms with Crippen LogP contribution in [0.5, 0.6) is 0 Å². The summed E-state index contributed by atoms with van der Waals surface area (Å²) in [5.74, 6) is 0.484. The third-order valence-corrected chi connectivity index (χ3v) is 9.37. The summed E-state index contributed by atoms with van der Waals surface area (Å²) in [6.45, 7) is 5.48. The van der Waals surface area contributed by atoms with Gasteiger partial charge < -0.3 is 15.0 Å². The van der Waals surface area contributed by atoms with Gasteiger partial charge in [-0.15, -0.1) is 0 Å². The van der Waals surface area contributed by atoms with Crippen LogP contribution < -0.4 is 5.32 Å². The molecule has 1 N–H and O–H groups in total. The molecule has 2 aromatic rings. The molecule has 2 aliphatic heterocycles. The maximum absolute atomic E-state index is 13.8. The van der Waals surface area contributed by atoms with Gasteiger partial charge in [0.15, 0.2) is 11.6 Å². The molecular weight excluding hydrogens is 516 g/mol. The normalized spacial score (nSPS) is 23.5. The molecule has 5 rings (SSSR count). The highest BCUT2D eigenvalue weighted by molar-refractivity contribution is 6.06. The fourth-order valence-electron chi connectivity index (χ4n) is 7.11. The average molecular weight is 565 g/mol. The topological polar surface area (TPSA) is 93.5 Å². The number of anilines is 1. The first-order valence-electron chi connectivity index (χ1n) is 16.2. The van der Waals surface area contributed by atoms with Crippen LogP contribution in [0.1, 0.15) is 113 Å². The predicted octanol–water partition coefficient (Wildman–Crippen LogP) is 6.09. The largest absolute Gasteiger partial charge is 0.385 e. The second-order valence-corrected chi connectivity index (χ2v) is 12.4. The summed E-state index contributed by atoms with van der Waals surface area (Å²) in [6.07, 6.45) is 14.8. The number of amides is 1. The Morgan fingerprint density at radius 3 is 2.49 bits per heavy atom. The van der Waals surface area contributed by atoms with Crippen molar-refractivity contribution < 1.29 is 19.1 Å². The van der Waals surface area contributed by atoms with Crippen LogP contribution in [-0.4, -0.2) is 64.0 Å². The van der Waals surface area contributed by atoms with E-state index in [2.05, 4.69) is 17.4 Å². The summed E-state index contributed by atoms with van der Waals surface area (Å²) in [4.78, 5) is 41.3. The molecule has 8 nitrogen and oxygen atoms in total. The van der Waals surface area contributed by atoms with Crippen LogP contribution in [0, 0.1) is 5.92 Å². The number of carbonyl (C=O) groups is 3. The van der Waals surface area contributed by atoms with Crippen molar-refractivity contribution in [1.82, 2.24) is 14.7 Å². The van der Waals surface area contributed by atoms with Crippen molar-refractivity contribution in [3.8, 4) is 0 Å². The molecule has 1 aromatic heterocycles. The molecular formula is C33H48N4O4. The van der Waals surface area contributed by atoms with E-state index in [0.29, 0.717) is 37.6 Å². The smallest absolute Gasteiger partial charge is 0.245 e. The SMILES string of the molecule is CCC(=O)[C@@H]1[C@H]2CCN1C(=O)Cn1nc(C(C)=O)c3cc(NCC4CCCCC4)cc(c31)CCCCCCCCO2. The van der Waals surface area contributed by atoms with Crippen molar-refractivity contribution in [3.05, 3.63) is 23.4 Å². The van der Waals surface area contributed by atoms with Crippen LogP contribution in [0.2, 0.25) is 0 Å². The number of aryl methyl sites for hydroxylation is 1. The fraction of sp³-hybridized carbons (Fsp3) is 0.697. The van der Waals surface area contributed by atoms with E-state index in [-0.39, 0.29) is 30.1 Å². The lowest BCUT2D eigenvalue weighted by atomic mass is 9.89. The Bertz CT molecular complexity index is 1230. The van der Waals surface area contributed by atoms with Crippen LogP contribution in [0.15, 0.2) is 12.1 Å². The van der Waals surface area contributed by atoms with E-state index in [1.807, 2.05) is 6.92 Å². The molecule has 1 aromatic carbocycles. The van der Waals surface area contributed by atoms with Crippen molar-refractivity contribution in [1.29, 1.82) is 0 Å². The molecule has 2 bridgehead atoms. The summed E-state index contributed by atoms with van der Waals surface area (Å²) in [6, 6.07) is 3.72. The molecule has 224 valence electrons. The minimum absolute atomic E-state index is 0.00580. The second kappa shape index (κ2) is 14.0. The molecule has 3 aliphatic rings. The summed E-state index contributed by atoms with van der Waals surface area (Å²) >= 11 is 0. The number of aromatic nitrogens is 2. The number of fused-ring (bicyclic) bond motifs is 2. The molecule has 41 heavy (non-hydrogen) atoms. The highest BCUT2D eigenvalue weighted by atomic mass is 16.5. The van der Waals surface area contributed by atoms with Crippen LogP contribution in [0.4, 0.5) is 5.69 Å². The first-order valence-corrected chi connectivity index (χ1v) is 16.2. The summed E-state index contributed by atoms with van der Waals surface area (Å²) in [5.41, 5.74) is 3.45. The number of benzene rings is 1. The van der Waals surface area contributed by atoms with Crippen molar-refractivity contribution in [2.45, 2.75) is 122 Å². The van der Waals surface area contributed by atoms with E-state index in [1.54, 1.807) is 16.5 Å². The van der Waals surface area contributed by atoms with E-state index < -0.39 is 6.04 Å². The number of ether oxygens (including phenoxy) is 1. The summed E-state index contributed by atoms with van der Waals surface area (Å²) in [7, 11) is 0. The van der Waals surface area contributed by atoms with Gasteiger partial charge in [0, 0.05) is 44.1 Å². The molecule has 0 radical (unpaired) electrons. The van der Waals surface area contributed by atoms with E-state index in [0.717, 1.165) is 60.8 Å². The first-order chi connectivity index (χ1) is 20.0. The lowest BCUT2D eigenvalue weighted by molar-refractivity contribution is -0.141. The van der Waals surface area contributed by atoms with E-state index in [4.69, 9.17) is 9.84 Å². The van der Waals surface area contributed by atoms with Crippen molar-refractivity contribution in [2.75, 3.05) is 25.0 Å². The zero-order valence-corrected chi connectivity index (χ0v) is 25.1. The molecule has 1 saturated heterocycles. The number of Topliss-reactive ketones (excluding diaryl/α,β-unsaturated/α-hetero) is 2. The quantitative estimate of drug-likeness (QED) is 0.427. The van der Waals surface area contributed by atoms with Gasteiger partial charge in [-0.25, -0.2) is 0 Å². The van der Waals surface area contributed by atoms with Gasteiger partial charge in [0.25, 0.3) is 0 Å². The lowest BCUT2D eigenvalue weighted by Crippen LogP contribution is -2.47. The van der Waals surface area contributed by atoms with Gasteiger partial charge in [-0.2, -0.15) is 5.10 Å². The van der Waals surface area contributed by atoms with Crippen molar-refractivity contribution >= 4 is 34.1 Å². The summed E-state index contributed by atoms with van der Waals surface area (Å²) < 4.78 is 7.91. The molecule has 1 amide bonds. The number of carbonyl (C=O) groups excluding carboxylic acids is 3. The molecule has 3 heterocycles. The van der Waals surface area contributed by atoms with Crippen molar-refractivity contribution in [3.63, 3.8) is 0 Å². The Morgan fingerprint density at radius 2 is 1.73 bits per heavy atom. The Kier molecular flexibility index (Phi) is 10.1. The van der Waals surface area contributed by atoms with Crippen LogP contribution >= 0.6 is 0 Å². The average Bonchev–Trinajstić information content (AvgIpc) is 3.57. The Morgan fingerprint density at radius 1 is 1.00 bits per heavy atom. The molecule has 2 fully saturated rings. The minimum Gasteiger partial charge on any atom is -0.385 e. The number of rotatable bonds is 6. The molecule has 1 saturated carbocycles. The lowest BCUT2D eigenvalue weighted by Gasteiger charge is -2.27. The standard InChI is InChI=1S/C33H48N4O4/c1-3-28(39)33-29-16-17-36(33)30(40)22-37-32-25(15-11-6-4-5-7-12-18-41-29)19-26(20-27(32)31(35-37)23(2)38)34-21-24-13-9-8-10-14-24/h19-20,24,29,33-34H,3-18,21-22H2,1-2H3/t29-,33-/m1/s1. The Balaban J connectivity index is 1.49. The molecule has 0 unspecified atom stereocenters. The molecule has 1 aliphatic carbocycles. The predicted molar refractivity (Wildman–Crippen MR) is 161 cm³/mol. The molecule has 8 heteroatoms. The Labute approximate surface area is 244 Å². The molecule has 0 spiro atoms. The second-order valence-electron chi connectivity index (χ2n) is 12.4. The fourth-order valence-corrected chi connectivity index (χ4v) is 7.11. The maximum atomic E-state index is 13.8. The number of nitrogens with zero attached hydrogens (tertiary/aromatic N) is 3. The van der Waals surface area contributed by atoms with Gasteiger partial charge in [0.05, 0.1) is 11.6 Å². The van der Waals surface area contributed by atoms with Gasteiger partial charge in [-0.1, -0.05) is 51.9 Å². The molecule has 2 atom stereocenters. The minimum atomic E-state index is -0.549. The van der Waals surface area contributed by atoms with E-state index in [1.165, 1.54) is 44.9 Å². The monoisotopic (exact) mass is 564 g/mol. The van der Waals surface area contributed by atoms with Gasteiger partial charge >= 0.3 is 0 Å². The highest BCUT2D eigenvalue weighted by Gasteiger charge is 2.41. The van der Waals surface area contributed by atoms with Crippen LogP contribution in [-0.2, 0) is 27.3 Å². The van der Waals surface area contributed by atoms with Crippen LogP contribution in [0.3, 0.4) is 0 Å². The van der Waals surface area contributed by atoms with Crippen molar-refractivity contribution in [2.24, 2.45) is 5.92 Å². The number of nitrogens with one attached hydrogen (secondary N) is 1. The van der Waals surface area contributed by atoms with Gasteiger partial charge in [0.2, 0.25) is 5.91 Å². The van der Waals surface area contributed by atoms with Crippen LogP contribution in [0.25, 0.3) is 10.9 Å². The Hall–Kier alpha value is -2.74. The number of ketones is 2. The van der Waals surface area contributed by atoms with Gasteiger partial charge in [-0.05, 0) is 62.1 Å². The zero-order chi connectivity index (χ0) is 28.8. The number of hydrogen-bond acceptors (Lipinski definition) is 6. The highest BCUT2D eigenvalue weighted by Crippen LogP contribution is 2.31. The maximum Gasteiger partial charge on any atom is 0.245 e. The third-order valence-electron chi connectivity index (χ3n) is 9.37. The third kappa shape index (κ3) is 7.02. The van der Waals surface area contributed by atoms with E-state index >= 15 is 0 Å². The van der Waals surface area contributed by atoms with Gasteiger partial charge in [0.1, 0.15) is 18.3 Å². The first kappa shape index (κ1) is 29.7. The number of hydrogen-bond donors (Lipinski definition) is 1.